The van der Waals surface area contributed by atoms with Crippen molar-refractivity contribution >= 4 is 0 Å². The van der Waals surface area contributed by atoms with Crippen LogP contribution in [0.1, 0.15) is 64.7 Å². The second kappa shape index (κ2) is 6.75. The molecule has 0 radical (unpaired) electrons. The first-order chi connectivity index (χ1) is 8.35. The summed E-state index contributed by atoms with van der Waals surface area (Å²) in [7, 11) is 0. The Hall–Kier alpha value is -0.0800. The number of ether oxygens (including phenoxy) is 1. The molecule has 1 spiro atoms. The van der Waals surface area contributed by atoms with Gasteiger partial charge < -0.3 is 10.1 Å². The third kappa shape index (κ3) is 3.96. The summed E-state index contributed by atoms with van der Waals surface area (Å²) in [4.78, 5) is 0. The van der Waals surface area contributed by atoms with Crippen LogP contribution in [0.3, 0.4) is 0 Å². The molecule has 0 amide bonds. The fourth-order valence-electron chi connectivity index (χ4n) is 3.61. The maximum Gasteiger partial charge on any atom is 0.0685 e. The van der Waals surface area contributed by atoms with Gasteiger partial charge in [-0.2, -0.15) is 0 Å². The van der Waals surface area contributed by atoms with Crippen LogP contribution >= 0.6 is 0 Å². The molecule has 2 nitrogen and oxygen atoms in total. The van der Waals surface area contributed by atoms with E-state index in [4.69, 9.17) is 4.74 Å². The van der Waals surface area contributed by atoms with E-state index >= 15 is 0 Å². The highest BCUT2D eigenvalue weighted by atomic mass is 16.5. The molecule has 2 aliphatic rings. The van der Waals surface area contributed by atoms with Gasteiger partial charge in [-0.25, -0.2) is 0 Å². The van der Waals surface area contributed by atoms with Gasteiger partial charge in [-0.3, -0.25) is 0 Å². The van der Waals surface area contributed by atoms with Crippen LogP contribution in [-0.4, -0.2) is 25.3 Å². The molecule has 17 heavy (non-hydrogen) atoms. The minimum Gasteiger partial charge on any atom is -0.375 e. The summed E-state index contributed by atoms with van der Waals surface area (Å²) in [6, 6.07) is 0. The van der Waals surface area contributed by atoms with Gasteiger partial charge in [-0.05, 0) is 57.5 Å². The van der Waals surface area contributed by atoms with Gasteiger partial charge in [0.1, 0.15) is 0 Å². The fraction of sp³-hybridized carbons (Fsp3) is 1.00. The molecule has 0 bridgehead atoms. The largest absolute Gasteiger partial charge is 0.375 e. The van der Waals surface area contributed by atoms with Crippen LogP contribution in [0, 0.1) is 5.92 Å². The van der Waals surface area contributed by atoms with Crippen LogP contribution in [0.15, 0.2) is 0 Å². The van der Waals surface area contributed by atoms with Gasteiger partial charge in [0.15, 0.2) is 0 Å². The van der Waals surface area contributed by atoms with Crippen molar-refractivity contribution in [3.8, 4) is 0 Å². The van der Waals surface area contributed by atoms with Crippen LogP contribution in [-0.2, 0) is 4.74 Å². The van der Waals surface area contributed by atoms with E-state index in [2.05, 4.69) is 12.2 Å². The molecule has 0 aromatic heterocycles. The van der Waals surface area contributed by atoms with Crippen LogP contribution in [0.25, 0.3) is 0 Å². The van der Waals surface area contributed by atoms with Gasteiger partial charge in [0.05, 0.1) is 5.60 Å². The van der Waals surface area contributed by atoms with Gasteiger partial charge in [0, 0.05) is 6.61 Å². The second-order valence-electron chi connectivity index (χ2n) is 5.95. The van der Waals surface area contributed by atoms with Gasteiger partial charge in [-0.1, -0.05) is 26.2 Å². The standard InChI is InChI=1S/C15H29NO/c1-2-16-11-6-7-14-8-12-17-15(13-14)9-4-3-5-10-15/h14,16H,2-13H2,1H3. The van der Waals surface area contributed by atoms with E-state index in [1.54, 1.807) is 0 Å². The van der Waals surface area contributed by atoms with Crippen LogP contribution in [0.4, 0.5) is 0 Å². The summed E-state index contributed by atoms with van der Waals surface area (Å²) in [5.41, 5.74) is 0.305. The molecule has 100 valence electrons. The average molecular weight is 239 g/mol. The number of rotatable bonds is 5. The Morgan fingerprint density at radius 2 is 2.06 bits per heavy atom. The first-order valence-electron chi connectivity index (χ1n) is 7.69. The van der Waals surface area contributed by atoms with Crippen molar-refractivity contribution in [2.45, 2.75) is 70.3 Å². The molecule has 1 unspecified atom stereocenters. The Balaban J connectivity index is 1.72. The predicted molar refractivity (Wildman–Crippen MR) is 72.3 cm³/mol. The van der Waals surface area contributed by atoms with E-state index in [1.165, 1.54) is 64.3 Å². The summed E-state index contributed by atoms with van der Waals surface area (Å²) in [6.07, 6.45) is 12.3. The molecular weight excluding hydrogens is 210 g/mol. The second-order valence-corrected chi connectivity index (χ2v) is 5.95. The first kappa shape index (κ1) is 13.4. The maximum absolute atomic E-state index is 6.15. The molecule has 1 N–H and O–H groups in total. The lowest BCUT2D eigenvalue weighted by atomic mass is 9.75. The first-order valence-corrected chi connectivity index (χ1v) is 7.69. The number of hydrogen-bond donors (Lipinski definition) is 1. The highest BCUT2D eigenvalue weighted by Gasteiger charge is 2.37. The predicted octanol–water partition coefficient (Wildman–Crippen LogP) is 3.51. The molecule has 2 rings (SSSR count). The Morgan fingerprint density at radius 1 is 1.24 bits per heavy atom. The van der Waals surface area contributed by atoms with Crippen molar-refractivity contribution in [1.82, 2.24) is 5.32 Å². The fourth-order valence-corrected chi connectivity index (χ4v) is 3.61. The SMILES string of the molecule is CCNCCCC1CCOC2(CCCCC2)C1. The topological polar surface area (TPSA) is 21.3 Å². The molecule has 2 fully saturated rings. The quantitative estimate of drug-likeness (QED) is 0.741. The zero-order valence-electron chi connectivity index (χ0n) is 11.5. The summed E-state index contributed by atoms with van der Waals surface area (Å²) < 4.78 is 6.15. The lowest BCUT2D eigenvalue weighted by Gasteiger charge is -2.43. The summed E-state index contributed by atoms with van der Waals surface area (Å²) in [5.74, 6) is 0.931. The molecule has 0 aromatic rings. The van der Waals surface area contributed by atoms with Crippen LogP contribution < -0.4 is 5.32 Å². The van der Waals surface area contributed by atoms with Crippen molar-refractivity contribution in [3.05, 3.63) is 0 Å². The van der Waals surface area contributed by atoms with Gasteiger partial charge in [0.25, 0.3) is 0 Å². The van der Waals surface area contributed by atoms with E-state index in [9.17, 15) is 0 Å². The molecule has 1 saturated heterocycles. The molecule has 1 aliphatic carbocycles. The Bertz CT molecular complexity index is 205. The molecule has 1 saturated carbocycles. The summed E-state index contributed by atoms with van der Waals surface area (Å²) >= 11 is 0. The third-order valence-electron chi connectivity index (χ3n) is 4.58. The minimum atomic E-state index is 0.305. The van der Waals surface area contributed by atoms with Crippen molar-refractivity contribution in [2.75, 3.05) is 19.7 Å². The third-order valence-corrected chi connectivity index (χ3v) is 4.58. The zero-order chi connectivity index (χ0) is 12.0. The smallest absolute Gasteiger partial charge is 0.0685 e. The summed E-state index contributed by atoms with van der Waals surface area (Å²) in [5, 5.41) is 3.43. The monoisotopic (exact) mass is 239 g/mol. The molecular formula is C15H29NO. The lowest BCUT2D eigenvalue weighted by molar-refractivity contribution is -0.118. The molecule has 0 aromatic carbocycles. The van der Waals surface area contributed by atoms with E-state index in [1.807, 2.05) is 0 Å². The molecule has 1 aliphatic heterocycles. The molecule has 1 atom stereocenters. The van der Waals surface area contributed by atoms with Crippen molar-refractivity contribution in [2.24, 2.45) is 5.92 Å². The van der Waals surface area contributed by atoms with E-state index < -0.39 is 0 Å². The highest BCUT2D eigenvalue weighted by Crippen LogP contribution is 2.41. The van der Waals surface area contributed by atoms with E-state index in [0.717, 1.165) is 19.1 Å². The van der Waals surface area contributed by atoms with E-state index in [-0.39, 0.29) is 0 Å². The number of hydrogen-bond acceptors (Lipinski definition) is 2. The Labute approximate surface area is 107 Å². The van der Waals surface area contributed by atoms with Gasteiger partial charge in [0.2, 0.25) is 0 Å². The lowest BCUT2D eigenvalue weighted by Crippen LogP contribution is -2.41. The van der Waals surface area contributed by atoms with E-state index in [0.29, 0.717) is 5.60 Å². The minimum absolute atomic E-state index is 0.305. The molecule has 1 heterocycles. The number of nitrogens with one attached hydrogen (secondary N) is 1. The Morgan fingerprint density at radius 3 is 2.82 bits per heavy atom. The van der Waals surface area contributed by atoms with Crippen molar-refractivity contribution in [1.29, 1.82) is 0 Å². The van der Waals surface area contributed by atoms with Gasteiger partial charge >= 0.3 is 0 Å². The maximum atomic E-state index is 6.15. The van der Waals surface area contributed by atoms with Gasteiger partial charge in [-0.15, -0.1) is 0 Å². The Kier molecular flexibility index (Phi) is 5.30. The highest BCUT2D eigenvalue weighted by molar-refractivity contribution is 4.89. The average Bonchev–Trinajstić information content (AvgIpc) is 2.36. The van der Waals surface area contributed by atoms with Crippen molar-refractivity contribution in [3.63, 3.8) is 0 Å². The molecule has 2 heteroatoms. The zero-order valence-corrected chi connectivity index (χ0v) is 11.5. The summed E-state index contributed by atoms with van der Waals surface area (Å²) in [6.45, 7) is 5.51. The normalized spacial score (nSPS) is 28.4. The van der Waals surface area contributed by atoms with Crippen molar-refractivity contribution < 1.29 is 4.74 Å². The van der Waals surface area contributed by atoms with Crippen LogP contribution in [0.2, 0.25) is 0 Å². The van der Waals surface area contributed by atoms with Crippen LogP contribution in [0.5, 0.6) is 0 Å².